The Morgan fingerprint density at radius 3 is 2.88 bits per heavy atom. The number of rotatable bonds is 1. The molecule has 0 saturated heterocycles. The number of aromatic hydroxyl groups is 1. The summed E-state index contributed by atoms with van der Waals surface area (Å²) < 4.78 is 0. The van der Waals surface area contributed by atoms with Crippen molar-refractivity contribution in [1.29, 1.82) is 5.26 Å². The van der Waals surface area contributed by atoms with Crippen molar-refractivity contribution in [3.8, 4) is 11.8 Å². The summed E-state index contributed by atoms with van der Waals surface area (Å²) >= 11 is 0. The van der Waals surface area contributed by atoms with Crippen molar-refractivity contribution in [2.45, 2.75) is 56.7 Å². The van der Waals surface area contributed by atoms with Crippen molar-refractivity contribution < 1.29 is 15.3 Å². The van der Waals surface area contributed by atoms with Crippen LogP contribution in [-0.2, 0) is 6.42 Å². The van der Waals surface area contributed by atoms with Crippen molar-refractivity contribution in [2.24, 2.45) is 23.7 Å². The molecule has 0 aliphatic heterocycles. The molecule has 0 amide bonds. The molecule has 7 unspecified atom stereocenters. The van der Waals surface area contributed by atoms with Crippen LogP contribution in [-0.4, -0.2) is 27.0 Å². The number of phenols is 1. The Morgan fingerprint density at radius 2 is 2.12 bits per heavy atom. The largest absolute Gasteiger partial charge is 0.508 e. The molecule has 2 fully saturated rings. The van der Waals surface area contributed by atoms with Crippen LogP contribution in [0.1, 0.15) is 49.7 Å². The fraction of sp³-hybridized carbons (Fsp3) is 0.650. The number of fused-ring (bicyclic) bond motifs is 5. The number of aliphatic hydroxyl groups excluding tert-OH is 1. The van der Waals surface area contributed by atoms with Gasteiger partial charge in [-0.2, -0.15) is 5.26 Å². The second-order valence-corrected chi connectivity index (χ2v) is 8.17. The summed E-state index contributed by atoms with van der Waals surface area (Å²) in [5, 5.41) is 40.3. The fourth-order valence-electron chi connectivity index (χ4n) is 6.15. The Hall–Kier alpha value is -1.57. The molecule has 0 radical (unpaired) electrons. The number of benzene rings is 1. The fourth-order valence-corrected chi connectivity index (χ4v) is 6.15. The van der Waals surface area contributed by atoms with E-state index in [2.05, 4.69) is 19.1 Å². The molecule has 128 valence electrons. The standard InChI is InChI=1S/C20H25NO3/c1-11-8-12-9-13(22)2-3-14(12)15-4-5-17-16(19(11)15)10-18(23)20(17,24)6-7-21/h2-3,9,11,15-19,22-24H,4-6,8,10H2,1H3. The van der Waals surface area contributed by atoms with Crippen LogP contribution in [0.25, 0.3) is 0 Å². The third-order valence-corrected chi connectivity index (χ3v) is 7.07. The van der Waals surface area contributed by atoms with E-state index in [4.69, 9.17) is 5.26 Å². The van der Waals surface area contributed by atoms with Crippen LogP contribution in [0.3, 0.4) is 0 Å². The molecule has 1 aromatic carbocycles. The van der Waals surface area contributed by atoms with Gasteiger partial charge in [0.05, 0.1) is 18.6 Å². The van der Waals surface area contributed by atoms with Gasteiger partial charge >= 0.3 is 0 Å². The van der Waals surface area contributed by atoms with Crippen molar-refractivity contribution in [3.63, 3.8) is 0 Å². The minimum Gasteiger partial charge on any atom is -0.508 e. The third-order valence-electron chi connectivity index (χ3n) is 7.07. The van der Waals surface area contributed by atoms with Gasteiger partial charge in [-0.05, 0) is 78.5 Å². The van der Waals surface area contributed by atoms with E-state index in [0.717, 1.165) is 19.3 Å². The van der Waals surface area contributed by atoms with E-state index in [1.807, 2.05) is 6.07 Å². The lowest BCUT2D eigenvalue weighted by Crippen LogP contribution is -2.47. The minimum absolute atomic E-state index is 0.0194. The summed E-state index contributed by atoms with van der Waals surface area (Å²) in [5.74, 6) is 1.94. The molecule has 3 aliphatic rings. The maximum atomic E-state index is 11.0. The number of nitrogens with zero attached hydrogens (tertiary/aromatic N) is 1. The van der Waals surface area contributed by atoms with Crippen LogP contribution in [0.4, 0.5) is 0 Å². The normalized spacial score (nSPS) is 43.4. The van der Waals surface area contributed by atoms with Crippen LogP contribution >= 0.6 is 0 Å². The van der Waals surface area contributed by atoms with E-state index < -0.39 is 11.7 Å². The first kappa shape index (κ1) is 15.9. The van der Waals surface area contributed by atoms with Gasteiger partial charge < -0.3 is 15.3 Å². The van der Waals surface area contributed by atoms with E-state index in [1.54, 1.807) is 6.07 Å². The zero-order chi connectivity index (χ0) is 17.1. The molecule has 3 N–H and O–H groups in total. The Bertz CT molecular complexity index is 697. The highest BCUT2D eigenvalue weighted by Gasteiger charge is 2.59. The van der Waals surface area contributed by atoms with Gasteiger partial charge in [0.25, 0.3) is 0 Å². The van der Waals surface area contributed by atoms with Crippen LogP contribution in [0, 0.1) is 35.0 Å². The van der Waals surface area contributed by atoms with Crippen molar-refractivity contribution >= 4 is 0 Å². The van der Waals surface area contributed by atoms with Crippen LogP contribution in [0.5, 0.6) is 5.75 Å². The molecule has 0 heterocycles. The Morgan fingerprint density at radius 1 is 1.33 bits per heavy atom. The maximum Gasteiger partial charge on any atom is 0.115 e. The maximum absolute atomic E-state index is 11.0. The van der Waals surface area contributed by atoms with Crippen molar-refractivity contribution in [3.05, 3.63) is 29.3 Å². The second kappa shape index (κ2) is 5.47. The Balaban J connectivity index is 1.71. The van der Waals surface area contributed by atoms with Crippen LogP contribution in [0.2, 0.25) is 0 Å². The summed E-state index contributed by atoms with van der Waals surface area (Å²) in [5.41, 5.74) is 1.34. The number of hydrogen-bond acceptors (Lipinski definition) is 4. The molecule has 0 spiro atoms. The molecule has 4 heteroatoms. The molecule has 4 nitrogen and oxygen atoms in total. The summed E-state index contributed by atoms with van der Waals surface area (Å²) in [4.78, 5) is 0. The summed E-state index contributed by atoms with van der Waals surface area (Å²) in [7, 11) is 0. The molecule has 3 aliphatic carbocycles. The van der Waals surface area contributed by atoms with Gasteiger partial charge in [-0.25, -0.2) is 0 Å². The summed E-state index contributed by atoms with van der Waals surface area (Å²) in [6, 6.07) is 7.80. The van der Waals surface area contributed by atoms with Crippen molar-refractivity contribution in [2.75, 3.05) is 0 Å². The van der Waals surface area contributed by atoms with Crippen LogP contribution in [0.15, 0.2) is 18.2 Å². The Kier molecular flexibility index (Phi) is 3.63. The highest BCUT2D eigenvalue weighted by molar-refractivity contribution is 5.40. The van der Waals surface area contributed by atoms with E-state index in [-0.39, 0.29) is 18.3 Å². The van der Waals surface area contributed by atoms with E-state index >= 15 is 0 Å². The van der Waals surface area contributed by atoms with Gasteiger partial charge in [0, 0.05) is 0 Å². The zero-order valence-corrected chi connectivity index (χ0v) is 14.0. The first-order valence-electron chi connectivity index (χ1n) is 9.05. The molecule has 4 rings (SSSR count). The molecular formula is C20H25NO3. The molecule has 24 heavy (non-hydrogen) atoms. The van der Waals surface area contributed by atoms with Gasteiger partial charge in [-0.15, -0.1) is 0 Å². The first-order chi connectivity index (χ1) is 11.5. The summed E-state index contributed by atoms with van der Waals surface area (Å²) in [6.07, 6.45) is 2.59. The lowest BCUT2D eigenvalue weighted by atomic mass is 9.56. The number of nitriles is 1. The monoisotopic (exact) mass is 327 g/mol. The molecule has 1 aromatic rings. The van der Waals surface area contributed by atoms with E-state index in [0.29, 0.717) is 29.9 Å². The molecular weight excluding hydrogens is 302 g/mol. The average molecular weight is 327 g/mol. The first-order valence-corrected chi connectivity index (χ1v) is 9.05. The third kappa shape index (κ3) is 2.11. The van der Waals surface area contributed by atoms with E-state index in [9.17, 15) is 15.3 Å². The lowest BCUT2D eigenvalue weighted by Gasteiger charge is -2.49. The summed E-state index contributed by atoms with van der Waals surface area (Å²) in [6.45, 7) is 2.25. The average Bonchev–Trinajstić information content (AvgIpc) is 2.78. The lowest BCUT2D eigenvalue weighted by molar-refractivity contribution is -0.0913. The van der Waals surface area contributed by atoms with Gasteiger partial charge in [-0.1, -0.05) is 13.0 Å². The highest BCUT2D eigenvalue weighted by Crippen LogP contribution is 2.59. The minimum atomic E-state index is -1.24. The predicted molar refractivity (Wildman–Crippen MR) is 89.2 cm³/mol. The van der Waals surface area contributed by atoms with Gasteiger partial charge in [-0.3, -0.25) is 0 Å². The quantitative estimate of drug-likeness (QED) is 0.740. The molecule has 0 aromatic heterocycles. The second-order valence-electron chi connectivity index (χ2n) is 8.17. The molecule has 7 atom stereocenters. The Labute approximate surface area is 142 Å². The zero-order valence-electron chi connectivity index (χ0n) is 14.0. The molecule has 0 bridgehead atoms. The topological polar surface area (TPSA) is 84.5 Å². The number of phenolic OH excluding ortho intramolecular Hbond substituents is 1. The van der Waals surface area contributed by atoms with Gasteiger partial charge in [0.15, 0.2) is 0 Å². The van der Waals surface area contributed by atoms with E-state index in [1.165, 1.54) is 11.1 Å². The SMILES string of the molecule is CC1Cc2cc(O)ccc2C2CCC3C(CC(O)C3(O)CC#N)C12. The van der Waals surface area contributed by atoms with Crippen LogP contribution < -0.4 is 0 Å². The highest BCUT2D eigenvalue weighted by atomic mass is 16.3. The van der Waals surface area contributed by atoms with Gasteiger partial charge in [0.1, 0.15) is 11.4 Å². The number of hydrogen-bond donors (Lipinski definition) is 3. The predicted octanol–water partition coefficient (Wildman–Crippen LogP) is 2.72. The van der Waals surface area contributed by atoms with Gasteiger partial charge in [0.2, 0.25) is 0 Å². The number of aliphatic hydroxyl groups is 2. The molecule has 2 saturated carbocycles. The van der Waals surface area contributed by atoms with Crippen molar-refractivity contribution in [1.82, 2.24) is 0 Å². The smallest absolute Gasteiger partial charge is 0.115 e.